The van der Waals surface area contributed by atoms with E-state index in [1.54, 1.807) is 12.1 Å². The molecule has 0 atom stereocenters. The Morgan fingerprint density at radius 3 is 2.00 bits per heavy atom. The Balaban J connectivity index is 1.48. The minimum atomic E-state index is -0.192. The second-order valence-electron chi connectivity index (χ2n) is 6.87. The maximum Gasteiger partial charge on any atom is 0.234 e. The summed E-state index contributed by atoms with van der Waals surface area (Å²) >= 11 is 1.26. The number of amides is 2. The van der Waals surface area contributed by atoms with Gasteiger partial charge < -0.3 is 15.4 Å². The summed E-state index contributed by atoms with van der Waals surface area (Å²) in [6.07, 6.45) is 0. The molecule has 0 bridgehead atoms. The van der Waals surface area contributed by atoms with E-state index in [0.29, 0.717) is 17.2 Å². The van der Waals surface area contributed by atoms with Crippen molar-refractivity contribution in [2.24, 2.45) is 0 Å². The fraction of sp³-hybridized carbons (Fsp3) is 0.167. The van der Waals surface area contributed by atoms with Crippen LogP contribution in [0.5, 0.6) is 11.5 Å². The zero-order valence-electron chi connectivity index (χ0n) is 17.0. The number of aryl methyl sites for hydroxylation is 2. The lowest BCUT2D eigenvalue weighted by atomic mass is 10.2. The molecule has 2 N–H and O–H groups in total. The van der Waals surface area contributed by atoms with Crippen molar-refractivity contribution in [1.29, 1.82) is 0 Å². The quantitative estimate of drug-likeness (QED) is 0.512. The van der Waals surface area contributed by atoms with Gasteiger partial charge in [0.2, 0.25) is 11.8 Å². The smallest absolute Gasteiger partial charge is 0.234 e. The van der Waals surface area contributed by atoms with E-state index in [-0.39, 0.29) is 23.3 Å². The summed E-state index contributed by atoms with van der Waals surface area (Å²) in [4.78, 5) is 24.4. The molecule has 0 saturated heterocycles. The number of carbonyl (C=O) groups excluding carboxylic acids is 2. The minimum absolute atomic E-state index is 0.139. The SMILES string of the molecule is Cc1ccc(NC(=O)CSCC(=O)Nc2ccccc2Oc2ccc(C)cc2)cc1. The summed E-state index contributed by atoms with van der Waals surface area (Å²) in [5, 5.41) is 5.68. The summed E-state index contributed by atoms with van der Waals surface area (Å²) in [6, 6.07) is 22.6. The first-order valence-electron chi connectivity index (χ1n) is 9.57. The fourth-order valence-electron chi connectivity index (χ4n) is 2.65. The molecule has 0 aliphatic heterocycles. The molecule has 3 aromatic rings. The summed E-state index contributed by atoms with van der Waals surface area (Å²) in [6.45, 7) is 4.00. The van der Waals surface area contributed by atoms with Crippen molar-refractivity contribution in [2.75, 3.05) is 22.1 Å². The number of para-hydroxylation sites is 2. The number of hydrogen-bond acceptors (Lipinski definition) is 4. The Kier molecular flexibility index (Phi) is 7.51. The summed E-state index contributed by atoms with van der Waals surface area (Å²) in [5.74, 6) is 1.30. The van der Waals surface area contributed by atoms with Gasteiger partial charge in [-0.2, -0.15) is 0 Å². The molecule has 30 heavy (non-hydrogen) atoms. The Morgan fingerprint density at radius 2 is 1.33 bits per heavy atom. The zero-order chi connectivity index (χ0) is 21.3. The number of rotatable bonds is 8. The average molecular weight is 421 g/mol. The fourth-order valence-corrected chi connectivity index (χ4v) is 3.27. The van der Waals surface area contributed by atoms with Gasteiger partial charge in [0, 0.05) is 5.69 Å². The summed E-state index contributed by atoms with van der Waals surface area (Å²) in [5.41, 5.74) is 3.61. The second-order valence-corrected chi connectivity index (χ2v) is 7.85. The van der Waals surface area contributed by atoms with Gasteiger partial charge in [0.25, 0.3) is 0 Å². The Morgan fingerprint density at radius 1 is 0.767 bits per heavy atom. The van der Waals surface area contributed by atoms with Gasteiger partial charge in [0.1, 0.15) is 5.75 Å². The van der Waals surface area contributed by atoms with Crippen molar-refractivity contribution in [3.8, 4) is 11.5 Å². The van der Waals surface area contributed by atoms with Crippen LogP contribution in [-0.2, 0) is 9.59 Å². The normalized spacial score (nSPS) is 10.3. The van der Waals surface area contributed by atoms with Gasteiger partial charge in [-0.05, 0) is 50.2 Å². The number of thioether (sulfide) groups is 1. The van der Waals surface area contributed by atoms with Gasteiger partial charge in [0.05, 0.1) is 17.2 Å². The number of anilines is 2. The van der Waals surface area contributed by atoms with Gasteiger partial charge in [-0.15, -0.1) is 11.8 Å². The lowest BCUT2D eigenvalue weighted by Crippen LogP contribution is -2.18. The molecule has 5 nitrogen and oxygen atoms in total. The van der Waals surface area contributed by atoms with Gasteiger partial charge >= 0.3 is 0 Å². The molecular formula is C24H24N2O3S. The van der Waals surface area contributed by atoms with Crippen molar-refractivity contribution in [3.63, 3.8) is 0 Å². The average Bonchev–Trinajstić information content (AvgIpc) is 2.73. The number of benzene rings is 3. The van der Waals surface area contributed by atoms with Crippen LogP contribution in [0.15, 0.2) is 72.8 Å². The molecule has 0 aliphatic rings. The van der Waals surface area contributed by atoms with Crippen LogP contribution in [-0.4, -0.2) is 23.3 Å². The summed E-state index contributed by atoms with van der Waals surface area (Å²) in [7, 11) is 0. The number of hydrogen-bond donors (Lipinski definition) is 2. The van der Waals surface area contributed by atoms with Crippen LogP contribution in [0.1, 0.15) is 11.1 Å². The molecule has 2 amide bonds. The van der Waals surface area contributed by atoms with Crippen LogP contribution in [0.2, 0.25) is 0 Å². The third kappa shape index (κ3) is 6.67. The van der Waals surface area contributed by atoms with Gasteiger partial charge in [-0.3, -0.25) is 9.59 Å². The zero-order valence-corrected chi connectivity index (χ0v) is 17.8. The monoisotopic (exact) mass is 420 g/mol. The predicted molar refractivity (Wildman–Crippen MR) is 123 cm³/mol. The Bertz CT molecular complexity index is 1000. The molecule has 154 valence electrons. The van der Waals surface area contributed by atoms with Crippen LogP contribution in [0.4, 0.5) is 11.4 Å². The molecule has 0 saturated carbocycles. The molecule has 0 unspecified atom stereocenters. The van der Waals surface area contributed by atoms with Gasteiger partial charge in [-0.1, -0.05) is 47.5 Å². The topological polar surface area (TPSA) is 67.4 Å². The third-order valence-electron chi connectivity index (χ3n) is 4.21. The van der Waals surface area contributed by atoms with Crippen LogP contribution < -0.4 is 15.4 Å². The second kappa shape index (κ2) is 10.5. The molecule has 3 aromatic carbocycles. The lowest BCUT2D eigenvalue weighted by Gasteiger charge is -2.12. The molecule has 6 heteroatoms. The van der Waals surface area contributed by atoms with E-state index in [4.69, 9.17) is 4.74 Å². The predicted octanol–water partition coefficient (Wildman–Crippen LogP) is 5.41. The first-order valence-corrected chi connectivity index (χ1v) is 10.7. The lowest BCUT2D eigenvalue weighted by molar-refractivity contribution is -0.114. The molecule has 3 rings (SSSR count). The van der Waals surface area contributed by atoms with Crippen molar-refractivity contribution in [2.45, 2.75) is 13.8 Å². The van der Waals surface area contributed by atoms with E-state index in [0.717, 1.165) is 16.8 Å². The van der Waals surface area contributed by atoms with Crippen LogP contribution >= 0.6 is 11.8 Å². The maximum absolute atomic E-state index is 12.3. The number of ether oxygens (including phenoxy) is 1. The van der Waals surface area contributed by atoms with E-state index in [2.05, 4.69) is 10.6 Å². The highest BCUT2D eigenvalue weighted by atomic mass is 32.2. The Hall–Kier alpha value is -3.25. The van der Waals surface area contributed by atoms with Crippen molar-refractivity contribution in [3.05, 3.63) is 83.9 Å². The maximum atomic E-state index is 12.3. The molecule has 0 aliphatic carbocycles. The molecular weight excluding hydrogens is 396 g/mol. The van der Waals surface area contributed by atoms with E-state index < -0.39 is 0 Å². The van der Waals surface area contributed by atoms with Crippen molar-refractivity contribution in [1.82, 2.24) is 0 Å². The van der Waals surface area contributed by atoms with E-state index in [1.165, 1.54) is 11.8 Å². The number of carbonyl (C=O) groups is 2. The first kappa shape index (κ1) is 21.5. The highest BCUT2D eigenvalue weighted by Gasteiger charge is 2.10. The largest absolute Gasteiger partial charge is 0.455 e. The molecule has 0 heterocycles. The van der Waals surface area contributed by atoms with Crippen LogP contribution in [0.25, 0.3) is 0 Å². The van der Waals surface area contributed by atoms with Gasteiger partial charge in [0.15, 0.2) is 5.75 Å². The van der Waals surface area contributed by atoms with Crippen molar-refractivity contribution >= 4 is 35.0 Å². The molecule has 0 fully saturated rings. The highest BCUT2D eigenvalue weighted by Crippen LogP contribution is 2.29. The van der Waals surface area contributed by atoms with E-state index in [1.807, 2.05) is 74.5 Å². The first-order chi connectivity index (χ1) is 14.5. The van der Waals surface area contributed by atoms with Crippen molar-refractivity contribution < 1.29 is 14.3 Å². The number of nitrogens with one attached hydrogen (secondary N) is 2. The van der Waals surface area contributed by atoms with Crippen LogP contribution in [0.3, 0.4) is 0 Å². The minimum Gasteiger partial charge on any atom is -0.455 e. The van der Waals surface area contributed by atoms with Crippen LogP contribution in [0, 0.1) is 13.8 Å². The Labute approximate surface area is 180 Å². The van der Waals surface area contributed by atoms with E-state index in [9.17, 15) is 9.59 Å². The standard InChI is InChI=1S/C24H24N2O3S/c1-17-7-11-19(12-8-17)25-23(27)15-30-16-24(28)26-21-5-3-4-6-22(21)29-20-13-9-18(2)10-14-20/h3-14H,15-16H2,1-2H3,(H,25,27)(H,26,28). The summed E-state index contributed by atoms with van der Waals surface area (Å²) < 4.78 is 5.90. The molecule has 0 aromatic heterocycles. The highest BCUT2D eigenvalue weighted by molar-refractivity contribution is 8.00. The molecule has 0 radical (unpaired) electrons. The van der Waals surface area contributed by atoms with E-state index >= 15 is 0 Å². The molecule has 0 spiro atoms. The van der Waals surface area contributed by atoms with Gasteiger partial charge in [-0.25, -0.2) is 0 Å². The third-order valence-corrected chi connectivity index (χ3v) is 5.14.